The molecule has 0 fully saturated rings. The van der Waals surface area contributed by atoms with Gasteiger partial charge in [-0.1, -0.05) is 12.1 Å². The first-order valence-corrected chi connectivity index (χ1v) is 9.97. The van der Waals surface area contributed by atoms with E-state index >= 15 is 0 Å². The largest absolute Gasteiger partial charge is 0.398 e. The number of amides is 1. The molecule has 0 spiro atoms. The number of imidazole rings is 1. The van der Waals surface area contributed by atoms with Crippen molar-refractivity contribution in [2.75, 3.05) is 22.9 Å². The minimum absolute atomic E-state index is 0. The smallest absolute Gasteiger partial charge is 0.236 e. The highest BCUT2D eigenvalue weighted by Gasteiger charge is 2.23. The first-order valence-electron chi connectivity index (χ1n) is 8.81. The summed E-state index contributed by atoms with van der Waals surface area (Å²) in [5.41, 5.74) is 12.1. The van der Waals surface area contributed by atoms with Gasteiger partial charge < -0.3 is 15.0 Å². The molecule has 3 heterocycles. The predicted octanol–water partition coefficient (Wildman–Crippen LogP) is 4.28. The number of aromatic nitrogens is 2. The van der Waals surface area contributed by atoms with Crippen molar-refractivity contribution in [2.24, 2.45) is 0 Å². The van der Waals surface area contributed by atoms with Gasteiger partial charge in [-0.3, -0.25) is 4.79 Å². The Bertz CT molecular complexity index is 976. The monoisotopic (exact) mass is 438 g/mol. The quantitative estimate of drug-likeness (QED) is 0.617. The third-order valence-electron chi connectivity index (χ3n) is 4.71. The van der Waals surface area contributed by atoms with E-state index in [1.54, 1.807) is 11.8 Å². The van der Waals surface area contributed by atoms with Crippen LogP contribution < -0.4 is 10.6 Å². The van der Waals surface area contributed by atoms with E-state index < -0.39 is 0 Å². The van der Waals surface area contributed by atoms with Crippen molar-refractivity contribution in [1.29, 1.82) is 0 Å². The number of rotatable bonds is 4. The molecule has 1 amide bonds. The number of carbonyl (C=O) groups excluding carboxylic acids is 1. The van der Waals surface area contributed by atoms with Gasteiger partial charge in [0.05, 0.1) is 11.4 Å². The van der Waals surface area contributed by atoms with E-state index in [1.807, 2.05) is 39.8 Å². The highest BCUT2D eigenvalue weighted by molar-refractivity contribution is 7.99. The molecule has 0 saturated carbocycles. The zero-order valence-corrected chi connectivity index (χ0v) is 18.1. The van der Waals surface area contributed by atoms with E-state index in [9.17, 15) is 4.79 Å². The number of carbonyl (C=O) groups is 1. The summed E-state index contributed by atoms with van der Waals surface area (Å²) >= 11 is 1.61. The lowest BCUT2D eigenvalue weighted by atomic mass is 10.00. The van der Waals surface area contributed by atoms with Crippen LogP contribution in [0.5, 0.6) is 0 Å². The lowest BCUT2D eigenvalue weighted by Crippen LogP contribution is -2.37. The summed E-state index contributed by atoms with van der Waals surface area (Å²) in [7, 11) is 0. The molecule has 0 saturated heterocycles. The lowest BCUT2D eigenvalue weighted by Gasteiger charge is -2.30. The van der Waals surface area contributed by atoms with Crippen LogP contribution in [0.3, 0.4) is 0 Å². The average molecular weight is 439 g/mol. The molecule has 0 radical (unpaired) electrons. The van der Waals surface area contributed by atoms with Gasteiger partial charge >= 0.3 is 0 Å². The standard InChI is InChI=1S/C20H22N4OS.2ClH/c1-14-7-8-19-22-15(11-23(19)10-14)12-26-13-20(25)24-9-3-4-16-17(21)5-2-6-18(16)24;;/h2,5-8,10-11H,3-4,9,12-13,21H2,1H3;2*1H. The normalized spacial score (nSPS) is 12.8. The van der Waals surface area contributed by atoms with Crippen LogP contribution in [0, 0.1) is 6.92 Å². The molecule has 1 aliphatic rings. The van der Waals surface area contributed by atoms with Gasteiger partial charge in [-0.2, -0.15) is 0 Å². The Hall–Kier alpha value is -1.89. The molecule has 28 heavy (non-hydrogen) atoms. The Morgan fingerprint density at radius 2 is 2.04 bits per heavy atom. The summed E-state index contributed by atoms with van der Waals surface area (Å²) in [6.45, 7) is 2.83. The van der Waals surface area contributed by atoms with E-state index in [0.29, 0.717) is 5.75 Å². The highest BCUT2D eigenvalue weighted by Crippen LogP contribution is 2.31. The van der Waals surface area contributed by atoms with E-state index in [2.05, 4.69) is 24.2 Å². The molecule has 5 nitrogen and oxygen atoms in total. The van der Waals surface area contributed by atoms with Gasteiger partial charge in [0.1, 0.15) is 5.65 Å². The van der Waals surface area contributed by atoms with Crippen molar-refractivity contribution in [3.8, 4) is 0 Å². The van der Waals surface area contributed by atoms with Crippen LogP contribution in [0.4, 0.5) is 11.4 Å². The zero-order chi connectivity index (χ0) is 18.1. The van der Waals surface area contributed by atoms with Gasteiger partial charge in [0.25, 0.3) is 0 Å². The summed E-state index contributed by atoms with van der Waals surface area (Å²) in [5, 5.41) is 0. The third kappa shape index (κ3) is 4.57. The Balaban J connectivity index is 0.00000140. The molecular formula is C20H24Cl2N4OS. The maximum atomic E-state index is 12.7. The van der Waals surface area contributed by atoms with Crippen LogP contribution in [-0.2, 0) is 17.0 Å². The van der Waals surface area contributed by atoms with Crippen LogP contribution in [0.2, 0.25) is 0 Å². The van der Waals surface area contributed by atoms with Crippen LogP contribution >= 0.6 is 36.6 Å². The number of nitrogens with two attached hydrogens (primary N) is 1. The maximum Gasteiger partial charge on any atom is 0.236 e. The number of nitrogen functional groups attached to an aromatic ring is 1. The summed E-state index contributed by atoms with van der Waals surface area (Å²) in [5.74, 6) is 1.31. The molecule has 2 aromatic heterocycles. The van der Waals surface area contributed by atoms with E-state index in [-0.39, 0.29) is 30.7 Å². The predicted molar refractivity (Wildman–Crippen MR) is 122 cm³/mol. The average Bonchev–Trinajstić information content (AvgIpc) is 3.03. The van der Waals surface area contributed by atoms with E-state index in [1.165, 1.54) is 5.56 Å². The summed E-state index contributed by atoms with van der Waals surface area (Å²) in [6, 6.07) is 9.90. The molecule has 0 atom stereocenters. The molecule has 0 bridgehead atoms. The fourth-order valence-corrected chi connectivity index (χ4v) is 4.24. The number of hydrogen-bond acceptors (Lipinski definition) is 4. The number of fused-ring (bicyclic) bond motifs is 2. The minimum atomic E-state index is 0. The molecule has 0 aliphatic carbocycles. The Morgan fingerprint density at radius 3 is 2.86 bits per heavy atom. The van der Waals surface area contributed by atoms with Gasteiger partial charge in [-0.15, -0.1) is 36.6 Å². The number of hydrogen-bond donors (Lipinski definition) is 1. The molecule has 3 aromatic rings. The molecule has 1 aliphatic heterocycles. The van der Waals surface area contributed by atoms with Gasteiger partial charge in [0, 0.05) is 36.1 Å². The topological polar surface area (TPSA) is 63.6 Å². The molecular weight excluding hydrogens is 415 g/mol. The van der Waals surface area contributed by atoms with E-state index in [0.717, 1.165) is 53.4 Å². The molecule has 2 N–H and O–H groups in total. The fourth-order valence-electron chi connectivity index (χ4n) is 3.46. The summed E-state index contributed by atoms with van der Waals surface area (Å²) in [4.78, 5) is 19.2. The summed E-state index contributed by atoms with van der Waals surface area (Å²) in [6.07, 6.45) is 6.01. The summed E-state index contributed by atoms with van der Waals surface area (Å²) < 4.78 is 2.04. The molecule has 4 rings (SSSR count). The molecule has 8 heteroatoms. The van der Waals surface area contributed by atoms with E-state index in [4.69, 9.17) is 5.73 Å². The van der Waals surface area contributed by atoms with Gasteiger partial charge in [-0.25, -0.2) is 4.98 Å². The number of aryl methyl sites for hydroxylation is 1. The fraction of sp³-hybridized carbons (Fsp3) is 0.300. The van der Waals surface area contributed by atoms with Crippen LogP contribution in [0.15, 0.2) is 42.7 Å². The van der Waals surface area contributed by atoms with Crippen LogP contribution in [-0.4, -0.2) is 27.6 Å². The first kappa shape index (κ1) is 22.4. The van der Waals surface area contributed by atoms with Crippen molar-refractivity contribution in [3.05, 3.63) is 59.5 Å². The third-order valence-corrected chi connectivity index (χ3v) is 5.66. The Morgan fingerprint density at radius 1 is 1.21 bits per heavy atom. The Kier molecular flexibility index (Phi) is 7.63. The van der Waals surface area contributed by atoms with Crippen molar-refractivity contribution >= 4 is 59.5 Å². The number of anilines is 2. The number of halogens is 2. The number of thioether (sulfide) groups is 1. The minimum Gasteiger partial charge on any atom is -0.398 e. The van der Waals surface area contributed by atoms with Gasteiger partial charge in [0.2, 0.25) is 5.91 Å². The SMILES string of the molecule is Cc1ccc2nc(CSCC(=O)N3CCCc4c(N)cccc43)cn2c1.Cl.Cl. The van der Waals surface area contributed by atoms with Crippen molar-refractivity contribution < 1.29 is 4.79 Å². The van der Waals surface area contributed by atoms with Crippen molar-refractivity contribution in [2.45, 2.75) is 25.5 Å². The van der Waals surface area contributed by atoms with Gasteiger partial charge in [0.15, 0.2) is 0 Å². The number of nitrogens with zero attached hydrogens (tertiary/aromatic N) is 3. The van der Waals surface area contributed by atoms with Crippen molar-refractivity contribution in [3.63, 3.8) is 0 Å². The zero-order valence-electron chi connectivity index (χ0n) is 15.6. The second kappa shape index (κ2) is 9.54. The number of pyridine rings is 1. The van der Waals surface area contributed by atoms with Crippen LogP contribution in [0.1, 0.15) is 23.2 Å². The second-order valence-electron chi connectivity index (χ2n) is 6.69. The molecule has 150 valence electrons. The second-order valence-corrected chi connectivity index (χ2v) is 7.68. The van der Waals surface area contributed by atoms with Crippen LogP contribution in [0.25, 0.3) is 5.65 Å². The Labute approximate surface area is 181 Å². The number of benzene rings is 1. The molecule has 0 unspecified atom stereocenters. The van der Waals surface area contributed by atoms with Crippen molar-refractivity contribution in [1.82, 2.24) is 9.38 Å². The van der Waals surface area contributed by atoms with Gasteiger partial charge in [-0.05, 0) is 49.1 Å². The maximum absolute atomic E-state index is 12.7. The highest BCUT2D eigenvalue weighted by atomic mass is 35.5. The molecule has 1 aromatic carbocycles. The lowest BCUT2D eigenvalue weighted by molar-refractivity contribution is -0.116. The first-order chi connectivity index (χ1) is 12.6.